The fourth-order valence-electron chi connectivity index (χ4n) is 3.54. The van der Waals surface area contributed by atoms with Crippen molar-refractivity contribution >= 4 is 22.9 Å². The molecule has 0 aliphatic carbocycles. The molecule has 3 N–H and O–H groups in total. The number of likely N-dealkylation sites (N-methyl/N-ethyl adjacent to an activating group) is 1. The fourth-order valence-corrected chi connectivity index (χ4v) is 3.54. The van der Waals surface area contributed by atoms with Gasteiger partial charge in [0.05, 0.1) is 18.5 Å². The van der Waals surface area contributed by atoms with E-state index in [1.165, 1.54) is 6.33 Å². The molecule has 0 saturated carbocycles. The summed E-state index contributed by atoms with van der Waals surface area (Å²) in [5.41, 5.74) is 7.42. The summed E-state index contributed by atoms with van der Waals surface area (Å²) in [5.74, 6) is 0.858. The highest BCUT2D eigenvalue weighted by molar-refractivity contribution is 5.94. The van der Waals surface area contributed by atoms with Crippen molar-refractivity contribution in [3.63, 3.8) is 0 Å². The van der Waals surface area contributed by atoms with Crippen LogP contribution in [0, 0.1) is 0 Å². The van der Waals surface area contributed by atoms with Gasteiger partial charge in [0.25, 0.3) is 5.91 Å². The van der Waals surface area contributed by atoms with E-state index in [0.29, 0.717) is 29.9 Å². The largest absolute Gasteiger partial charge is 0.492 e. The molecule has 0 unspecified atom stereocenters. The average Bonchev–Trinajstić information content (AvgIpc) is 3.32. The summed E-state index contributed by atoms with van der Waals surface area (Å²) in [6, 6.07) is 6.70. The van der Waals surface area contributed by atoms with Crippen molar-refractivity contribution in [3.05, 3.63) is 42.5 Å². The number of aromatic nitrogens is 4. The number of nitrogen functional groups attached to an aromatic ring is 1. The van der Waals surface area contributed by atoms with E-state index in [0.717, 1.165) is 12.3 Å². The van der Waals surface area contributed by atoms with Crippen molar-refractivity contribution in [3.8, 4) is 5.75 Å². The molecule has 158 valence electrons. The summed E-state index contributed by atoms with van der Waals surface area (Å²) in [6.45, 7) is 1.96. The molecule has 10 nitrogen and oxygen atoms in total. The Hall–Kier alpha value is -3.24. The number of rotatable bonds is 6. The molecule has 1 amide bonds. The van der Waals surface area contributed by atoms with Crippen molar-refractivity contribution in [2.45, 2.75) is 12.1 Å². The van der Waals surface area contributed by atoms with Crippen molar-refractivity contribution in [2.75, 3.05) is 46.1 Å². The molecule has 0 bridgehead atoms. The van der Waals surface area contributed by atoms with Gasteiger partial charge in [0.2, 0.25) is 0 Å². The lowest BCUT2D eigenvalue weighted by Gasteiger charge is -2.17. The van der Waals surface area contributed by atoms with Crippen LogP contribution in [0.1, 0.15) is 16.4 Å². The highest BCUT2D eigenvalue weighted by atomic mass is 16.5. The number of aliphatic hydroxyl groups is 1. The Balaban J connectivity index is 1.45. The van der Waals surface area contributed by atoms with Crippen LogP contribution >= 0.6 is 0 Å². The van der Waals surface area contributed by atoms with Crippen LogP contribution < -0.4 is 10.5 Å². The van der Waals surface area contributed by atoms with Crippen molar-refractivity contribution in [2.24, 2.45) is 0 Å². The number of hydrogen-bond acceptors (Lipinski definition) is 8. The van der Waals surface area contributed by atoms with Crippen molar-refractivity contribution in [1.82, 2.24) is 29.3 Å². The number of likely N-dealkylation sites (tertiary alicyclic amines) is 1. The number of amides is 1. The van der Waals surface area contributed by atoms with E-state index in [1.54, 1.807) is 40.1 Å². The third-order valence-electron chi connectivity index (χ3n) is 5.20. The van der Waals surface area contributed by atoms with Gasteiger partial charge in [-0.25, -0.2) is 15.0 Å². The number of imidazole rings is 1. The second-order valence-electron chi connectivity index (χ2n) is 7.60. The monoisotopic (exact) mass is 411 g/mol. The van der Waals surface area contributed by atoms with Crippen molar-refractivity contribution < 1.29 is 14.6 Å². The maximum absolute atomic E-state index is 12.9. The highest BCUT2D eigenvalue weighted by Crippen LogP contribution is 2.28. The van der Waals surface area contributed by atoms with E-state index in [1.807, 2.05) is 19.0 Å². The molecule has 1 fully saturated rings. The predicted octanol–water partition coefficient (Wildman–Crippen LogP) is 0.407. The quantitative estimate of drug-likeness (QED) is 0.598. The molecule has 1 aliphatic rings. The number of hydrogen-bond donors (Lipinski definition) is 2. The van der Waals surface area contributed by atoms with E-state index in [9.17, 15) is 9.90 Å². The zero-order valence-corrected chi connectivity index (χ0v) is 17.0. The van der Waals surface area contributed by atoms with Crippen LogP contribution in [0.15, 0.2) is 36.9 Å². The molecule has 30 heavy (non-hydrogen) atoms. The molecule has 3 heterocycles. The summed E-state index contributed by atoms with van der Waals surface area (Å²) in [4.78, 5) is 29.0. The van der Waals surface area contributed by atoms with E-state index in [4.69, 9.17) is 10.5 Å². The van der Waals surface area contributed by atoms with E-state index in [-0.39, 0.29) is 24.3 Å². The number of carbonyl (C=O) groups is 1. The summed E-state index contributed by atoms with van der Waals surface area (Å²) >= 11 is 0. The first-order valence-corrected chi connectivity index (χ1v) is 9.72. The van der Waals surface area contributed by atoms with Gasteiger partial charge in [-0.3, -0.25) is 4.79 Å². The zero-order valence-electron chi connectivity index (χ0n) is 17.0. The number of nitrogens with zero attached hydrogens (tertiary/aromatic N) is 6. The first-order valence-electron chi connectivity index (χ1n) is 9.72. The highest BCUT2D eigenvalue weighted by Gasteiger charge is 2.36. The molecular weight excluding hydrogens is 386 g/mol. The molecule has 3 aromatic rings. The first kappa shape index (κ1) is 20.0. The lowest BCUT2D eigenvalue weighted by atomic mass is 10.2. The Labute approximate surface area is 173 Å². The van der Waals surface area contributed by atoms with Crippen LogP contribution in [-0.4, -0.2) is 86.8 Å². The lowest BCUT2D eigenvalue weighted by molar-refractivity contribution is 0.0764. The number of fused-ring (bicyclic) bond motifs is 1. The minimum Gasteiger partial charge on any atom is -0.492 e. The van der Waals surface area contributed by atoms with Gasteiger partial charge in [-0.05, 0) is 38.4 Å². The van der Waals surface area contributed by atoms with Gasteiger partial charge in [0.1, 0.15) is 24.2 Å². The number of ether oxygens (including phenoxy) is 1. The molecule has 2 aromatic heterocycles. The molecule has 0 radical (unpaired) electrons. The predicted molar refractivity (Wildman–Crippen MR) is 111 cm³/mol. The normalized spacial score (nSPS) is 19.0. The summed E-state index contributed by atoms with van der Waals surface area (Å²) in [5, 5.41) is 10.6. The van der Waals surface area contributed by atoms with Gasteiger partial charge >= 0.3 is 0 Å². The molecule has 1 saturated heterocycles. The molecule has 2 atom stereocenters. The Bertz CT molecular complexity index is 1030. The van der Waals surface area contributed by atoms with E-state index >= 15 is 0 Å². The topological polar surface area (TPSA) is 123 Å². The van der Waals surface area contributed by atoms with Gasteiger partial charge in [-0.15, -0.1) is 0 Å². The number of benzene rings is 1. The third kappa shape index (κ3) is 3.91. The van der Waals surface area contributed by atoms with Gasteiger partial charge in [-0.2, -0.15) is 0 Å². The van der Waals surface area contributed by atoms with Crippen LogP contribution in [0.3, 0.4) is 0 Å². The summed E-state index contributed by atoms with van der Waals surface area (Å²) < 4.78 is 7.43. The lowest BCUT2D eigenvalue weighted by Crippen LogP contribution is -2.29. The number of β-amino-alcohol motifs (C(OH)–C–C–N with tert-alkyl or cyclic N) is 1. The second-order valence-corrected chi connectivity index (χ2v) is 7.60. The maximum Gasteiger partial charge on any atom is 0.254 e. The van der Waals surface area contributed by atoms with Gasteiger partial charge in [0, 0.05) is 25.2 Å². The van der Waals surface area contributed by atoms with Crippen LogP contribution in [0.2, 0.25) is 0 Å². The number of aliphatic hydroxyl groups excluding tert-OH is 1. The van der Waals surface area contributed by atoms with Crippen LogP contribution in [0.4, 0.5) is 5.82 Å². The average molecular weight is 411 g/mol. The van der Waals surface area contributed by atoms with E-state index < -0.39 is 6.10 Å². The van der Waals surface area contributed by atoms with Crippen LogP contribution in [-0.2, 0) is 0 Å². The molecule has 10 heteroatoms. The molecule has 1 aliphatic heterocycles. The summed E-state index contributed by atoms with van der Waals surface area (Å²) in [7, 11) is 3.97. The van der Waals surface area contributed by atoms with Gasteiger partial charge < -0.3 is 29.9 Å². The minimum atomic E-state index is -0.740. The Morgan fingerprint density at radius 2 is 2.00 bits per heavy atom. The van der Waals surface area contributed by atoms with Crippen molar-refractivity contribution in [1.29, 1.82) is 0 Å². The number of anilines is 1. The Kier molecular flexibility index (Phi) is 5.51. The molecule has 4 rings (SSSR count). The summed E-state index contributed by atoms with van der Waals surface area (Å²) in [6.07, 6.45) is 2.20. The Morgan fingerprint density at radius 1 is 1.23 bits per heavy atom. The fraction of sp³-hybridized carbons (Fsp3) is 0.400. The Morgan fingerprint density at radius 3 is 2.73 bits per heavy atom. The zero-order chi connectivity index (χ0) is 21.3. The maximum atomic E-state index is 12.9. The SMILES string of the molecule is CN(C)CCOc1ccc(C(=O)N2C[C@H](O)[C@@H](n3cnc4c(N)ncnc43)C2)cc1. The smallest absolute Gasteiger partial charge is 0.254 e. The standard InChI is InChI=1S/C20H25N7O3/c1-25(2)7-8-30-14-5-3-13(4-6-14)20(29)26-9-15(16(28)10-26)27-12-24-17-18(21)22-11-23-19(17)27/h3-6,11-12,15-16,28H,7-10H2,1-2H3,(H2,21,22,23)/t15-,16-/m0/s1. The first-order chi connectivity index (χ1) is 14.4. The van der Waals surface area contributed by atoms with Crippen LogP contribution in [0.5, 0.6) is 5.75 Å². The number of nitrogens with two attached hydrogens (primary N) is 1. The number of carbonyl (C=O) groups excluding carboxylic acids is 1. The van der Waals surface area contributed by atoms with E-state index in [2.05, 4.69) is 15.0 Å². The minimum absolute atomic E-state index is 0.144. The van der Waals surface area contributed by atoms with Gasteiger partial charge in [0.15, 0.2) is 11.5 Å². The van der Waals surface area contributed by atoms with Gasteiger partial charge in [-0.1, -0.05) is 0 Å². The molecule has 1 aromatic carbocycles. The molecular formula is C20H25N7O3. The third-order valence-corrected chi connectivity index (χ3v) is 5.20. The van der Waals surface area contributed by atoms with Crippen LogP contribution in [0.25, 0.3) is 11.2 Å². The molecule has 0 spiro atoms. The second kappa shape index (κ2) is 8.25.